The lowest BCUT2D eigenvalue weighted by atomic mass is 9.97. The van der Waals surface area contributed by atoms with E-state index in [1.54, 1.807) is 0 Å². The number of para-hydroxylation sites is 1. The maximum atomic E-state index is 12.2. The lowest BCUT2D eigenvalue weighted by Crippen LogP contribution is -2.39. The zero-order chi connectivity index (χ0) is 16.2. The van der Waals surface area contributed by atoms with E-state index in [0.29, 0.717) is 5.92 Å². The van der Waals surface area contributed by atoms with Gasteiger partial charge in [-0.2, -0.15) is 0 Å². The topological polar surface area (TPSA) is 61.4 Å². The van der Waals surface area contributed by atoms with Gasteiger partial charge in [-0.05, 0) is 51.0 Å². The van der Waals surface area contributed by atoms with E-state index in [-0.39, 0.29) is 23.5 Å². The summed E-state index contributed by atoms with van der Waals surface area (Å²) >= 11 is 1.48. The van der Waals surface area contributed by atoms with E-state index in [0.717, 1.165) is 43.1 Å². The number of nitrogens with one attached hydrogen (secondary N) is 2. The molecule has 2 amide bonds. The van der Waals surface area contributed by atoms with Crippen LogP contribution < -0.4 is 10.6 Å². The Morgan fingerprint density at radius 2 is 2.09 bits per heavy atom. The molecule has 23 heavy (non-hydrogen) atoms. The number of rotatable bonds is 4. The Labute approximate surface area is 141 Å². The van der Waals surface area contributed by atoms with Crippen molar-refractivity contribution in [1.29, 1.82) is 0 Å². The minimum absolute atomic E-state index is 0.0315. The van der Waals surface area contributed by atoms with Gasteiger partial charge in [-0.25, -0.2) is 0 Å². The van der Waals surface area contributed by atoms with E-state index in [4.69, 9.17) is 0 Å². The van der Waals surface area contributed by atoms with Gasteiger partial charge in [0.05, 0.1) is 10.9 Å². The van der Waals surface area contributed by atoms with Gasteiger partial charge in [0.25, 0.3) is 0 Å². The Balaban J connectivity index is 1.47. The molecule has 2 aliphatic heterocycles. The molecule has 1 aromatic rings. The maximum absolute atomic E-state index is 12.2. The number of hydrogen-bond donors (Lipinski definition) is 2. The number of piperidine rings is 1. The minimum Gasteiger partial charge on any atom is -0.356 e. The number of fused-ring (bicyclic) bond motifs is 1. The van der Waals surface area contributed by atoms with Gasteiger partial charge >= 0.3 is 0 Å². The average molecular weight is 333 g/mol. The van der Waals surface area contributed by atoms with Gasteiger partial charge in [-0.3, -0.25) is 9.59 Å². The lowest BCUT2D eigenvalue weighted by Gasteiger charge is -2.29. The molecule has 2 N–H and O–H groups in total. The maximum Gasteiger partial charge on any atom is 0.238 e. The van der Waals surface area contributed by atoms with Crippen LogP contribution in [0.3, 0.4) is 0 Å². The molecule has 0 spiro atoms. The van der Waals surface area contributed by atoms with Crippen molar-refractivity contribution in [3.05, 3.63) is 24.3 Å². The molecule has 5 nitrogen and oxygen atoms in total. The molecule has 3 rings (SSSR count). The van der Waals surface area contributed by atoms with Gasteiger partial charge in [-0.15, -0.1) is 11.8 Å². The van der Waals surface area contributed by atoms with Gasteiger partial charge in [-0.1, -0.05) is 12.1 Å². The van der Waals surface area contributed by atoms with Crippen LogP contribution in [0.2, 0.25) is 0 Å². The molecular weight excluding hydrogens is 310 g/mol. The third-order valence-electron chi connectivity index (χ3n) is 4.50. The second kappa shape index (κ2) is 7.36. The van der Waals surface area contributed by atoms with E-state index in [2.05, 4.69) is 22.6 Å². The predicted molar refractivity (Wildman–Crippen MR) is 92.6 cm³/mol. The van der Waals surface area contributed by atoms with Crippen LogP contribution in [0.25, 0.3) is 0 Å². The smallest absolute Gasteiger partial charge is 0.238 e. The number of carbonyl (C=O) groups excluding carboxylic acids is 2. The van der Waals surface area contributed by atoms with Crippen LogP contribution in [0.4, 0.5) is 5.69 Å². The molecule has 0 aromatic heterocycles. The van der Waals surface area contributed by atoms with Gasteiger partial charge < -0.3 is 15.5 Å². The van der Waals surface area contributed by atoms with Crippen LogP contribution in [0, 0.1) is 5.92 Å². The first-order valence-corrected chi connectivity index (χ1v) is 9.01. The van der Waals surface area contributed by atoms with Crippen LogP contribution in [-0.2, 0) is 9.59 Å². The number of amides is 2. The van der Waals surface area contributed by atoms with Crippen molar-refractivity contribution in [3.8, 4) is 0 Å². The van der Waals surface area contributed by atoms with Gasteiger partial charge in [0.2, 0.25) is 11.8 Å². The zero-order valence-electron chi connectivity index (χ0n) is 13.4. The number of anilines is 1. The predicted octanol–water partition coefficient (Wildman–Crippen LogP) is 1.95. The Bertz CT molecular complexity index is 585. The molecule has 6 heteroatoms. The van der Waals surface area contributed by atoms with Crippen LogP contribution in [0.15, 0.2) is 29.2 Å². The number of likely N-dealkylation sites (tertiary alicyclic amines) is 1. The normalized spacial score (nSPS) is 22.3. The van der Waals surface area contributed by atoms with Gasteiger partial charge in [0, 0.05) is 17.9 Å². The summed E-state index contributed by atoms with van der Waals surface area (Å²) in [6.45, 7) is 2.92. The third kappa shape index (κ3) is 4.26. The molecular formula is C17H23N3O2S. The molecule has 1 aromatic carbocycles. The fourth-order valence-electron chi connectivity index (χ4n) is 2.99. The van der Waals surface area contributed by atoms with Crippen molar-refractivity contribution in [3.63, 3.8) is 0 Å². The second-order valence-corrected chi connectivity index (χ2v) is 7.59. The SMILES string of the molecule is CN1CCC(CNC(=O)C[C@@H]2Sc3ccccc3NC2=O)CC1. The molecule has 1 atom stereocenters. The number of thioether (sulfide) groups is 1. The summed E-state index contributed by atoms with van der Waals surface area (Å²) in [7, 11) is 2.13. The fourth-order valence-corrected chi connectivity index (χ4v) is 4.10. The summed E-state index contributed by atoms with van der Waals surface area (Å²) in [6.07, 6.45) is 2.49. The number of carbonyl (C=O) groups is 2. The Kier molecular flexibility index (Phi) is 5.23. The van der Waals surface area contributed by atoms with E-state index in [1.165, 1.54) is 11.8 Å². The molecule has 1 fully saturated rings. The molecule has 0 unspecified atom stereocenters. The van der Waals surface area contributed by atoms with Crippen molar-refractivity contribution in [2.24, 2.45) is 5.92 Å². The van der Waals surface area contributed by atoms with Crippen molar-refractivity contribution in [1.82, 2.24) is 10.2 Å². The summed E-state index contributed by atoms with van der Waals surface area (Å²) < 4.78 is 0. The molecule has 0 bridgehead atoms. The number of hydrogen-bond acceptors (Lipinski definition) is 4. The van der Waals surface area contributed by atoms with Crippen molar-refractivity contribution in [2.75, 3.05) is 32.0 Å². The highest BCUT2D eigenvalue weighted by Gasteiger charge is 2.29. The molecule has 2 aliphatic rings. The van der Waals surface area contributed by atoms with Crippen molar-refractivity contribution >= 4 is 29.3 Å². The molecule has 2 heterocycles. The van der Waals surface area contributed by atoms with Crippen molar-refractivity contribution < 1.29 is 9.59 Å². The van der Waals surface area contributed by atoms with Gasteiger partial charge in [0.1, 0.15) is 0 Å². The lowest BCUT2D eigenvalue weighted by molar-refractivity contribution is -0.124. The standard InChI is InChI=1S/C17H23N3O2S/c1-20-8-6-12(7-9-20)11-18-16(21)10-15-17(22)19-13-4-2-3-5-14(13)23-15/h2-5,12,15H,6-11H2,1H3,(H,18,21)(H,19,22)/t15-/m0/s1. The van der Waals surface area contributed by atoms with E-state index in [9.17, 15) is 9.59 Å². The fraction of sp³-hybridized carbons (Fsp3) is 0.529. The highest BCUT2D eigenvalue weighted by atomic mass is 32.2. The largest absolute Gasteiger partial charge is 0.356 e. The van der Waals surface area contributed by atoms with Crippen LogP contribution in [-0.4, -0.2) is 48.6 Å². The van der Waals surface area contributed by atoms with Gasteiger partial charge in [0.15, 0.2) is 0 Å². The molecule has 0 radical (unpaired) electrons. The first-order chi connectivity index (χ1) is 11.1. The molecule has 1 saturated heterocycles. The van der Waals surface area contributed by atoms with Crippen LogP contribution >= 0.6 is 11.8 Å². The molecule has 0 aliphatic carbocycles. The average Bonchev–Trinajstić information content (AvgIpc) is 2.55. The first kappa shape index (κ1) is 16.3. The summed E-state index contributed by atoms with van der Waals surface area (Å²) in [4.78, 5) is 27.6. The van der Waals surface area contributed by atoms with Crippen LogP contribution in [0.5, 0.6) is 0 Å². The second-order valence-electron chi connectivity index (χ2n) is 6.35. The molecule has 0 saturated carbocycles. The third-order valence-corrected chi connectivity index (χ3v) is 5.78. The molecule has 124 valence electrons. The summed E-state index contributed by atoms with van der Waals surface area (Å²) in [5, 5.41) is 5.54. The van der Waals surface area contributed by atoms with Crippen LogP contribution in [0.1, 0.15) is 19.3 Å². The van der Waals surface area contributed by atoms with E-state index in [1.807, 2.05) is 24.3 Å². The monoisotopic (exact) mass is 333 g/mol. The highest BCUT2D eigenvalue weighted by molar-refractivity contribution is 8.01. The Morgan fingerprint density at radius 1 is 1.35 bits per heavy atom. The van der Waals surface area contributed by atoms with E-state index >= 15 is 0 Å². The number of nitrogens with zero attached hydrogens (tertiary/aromatic N) is 1. The summed E-state index contributed by atoms with van der Waals surface area (Å²) in [5.74, 6) is 0.447. The highest BCUT2D eigenvalue weighted by Crippen LogP contribution is 2.36. The quantitative estimate of drug-likeness (QED) is 0.884. The van der Waals surface area contributed by atoms with E-state index < -0.39 is 0 Å². The van der Waals surface area contributed by atoms with Crippen molar-refractivity contribution in [2.45, 2.75) is 29.4 Å². The zero-order valence-corrected chi connectivity index (χ0v) is 14.2. The minimum atomic E-state index is -0.345. The summed E-state index contributed by atoms with van der Waals surface area (Å²) in [6, 6.07) is 7.70. The Hall–Kier alpha value is -1.53. The first-order valence-electron chi connectivity index (χ1n) is 8.13. The Morgan fingerprint density at radius 3 is 2.87 bits per heavy atom. The summed E-state index contributed by atoms with van der Waals surface area (Å²) in [5.41, 5.74) is 0.838. The number of benzene rings is 1.